The minimum atomic E-state index is -1.88. The molecule has 1 amide bonds. The fourth-order valence-electron chi connectivity index (χ4n) is 3.77. The van der Waals surface area contributed by atoms with Crippen molar-refractivity contribution in [2.75, 3.05) is 0 Å². The Morgan fingerprint density at radius 3 is 2.30 bits per heavy atom. The minimum Gasteiger partial charge on any atom is -0.508 e. The van der Waals surface area contributed by atoms with Gasteiger partial charge in [-0.15, -0.1) is 0 Å². The van der Waals surface area contributed by atoms with Crippen LogP contribution in [0.3, 0.4) is 0 Å². The Balaban J connectivity index is 2.69. The van der Waals surface area contributed by atoms with E-state index in [1.54, 1.807) is 19.1 Å². The number of carbonyl (C=O) groups is 4. The molecule has 1 saturated heterocycles. The van der Waals surface area contributed by atoms with Gasteiger partial charge in [0.15, 0.2) is 5.60 Å². The Morgan fingerprint density at radius 1 is 1.10 bits per heavy atom. The third kappa shape index (κ3) is 3.66. The van der Waals surface area contributed by atoms with E-state index in [9.17, 15) is 29.4 Å². The SMILES string of the molecule is C/C=C/C=C/C(O)=C1C(O)=C(C)C(=O)[C@@]2(C)OC(=O)[C@@](C)(NC(=O)/C=C/C(=O)O)[C@@H]12. The van der Waals surface area contributed by atoms with Gasteiger partial charge < -0.3 is 25.4 Å². The number of nitrogens with one attached hydrogen (secondary N) is 1. The Kier molecular flexibility index (Phi) is 6.06. The molecule has 0 aromatic rings. The Hall–Kier alpha value is -3.62. The molecule has 2 rings (SSSR count). The maximum atomic E-state index is 12.9. The number of hydrogen-bond acceptors (Lipinski definition) is 7. The van der Waals surface area contributed by atoms with Gasteiger partial charge in [0, 0.05) is 23.3 Å². The normalized spacial score (nSPS) is 30.9. The summed E-state index contributed by atoms with van der Waals surface area (Å²) in [5, 5.41) is 32.3. The van der Waals surface area contributed by atoms with Gasteiger partial charge in [-0.05, 0) is 33.8 Å². The molecule has 4 N–H and O–H groups in total. The van der Waals surface area contributed by atoms with Gasteiger partial charge in [-0.1, -0.05) is 18.2 Å². The average molecular weight is 417 g/mol. The summed E-state index contributed by atoms with van der Waals surface area (Å²) in [6, 6.07) is 0. The first-order valence-corrected chi connectivity index (χ1v) is 9.04. The van der Waals surface area contributed by atoms with E-state index in [0.717, 1.165) is 0 Å². The number of aliphatic hydroxyl groups is 2. The maximum Gasteiger partial charge on any atom is 0.333 e. The molecule has 0 spiro atoms. The number of hydrogen-bond donors (Lipinski definition) is 4. The highest BCUT2D eigenvalue weighted by Gasteiger charge is 2.68. The number of Topliss-reactive ketones (excluding diaryl/α,β-unsaturated/α-hetero) is 1. The maximum absolute atomic E-state index is 12.9. The lowest BCUT2D eigenvalue weighted by Gasteiger charge is -2.39. The van der Waals surface area contributed by atoms with Crippen molar-refractivity contribution in [2.24, 2.45) is 5.92 Å². The number of ketones is 1. The molecule has 160 valence electrons. The van der Waals surface area contributed by atoms with Crippen molar-refractivity contribution < 1.29 is 39.2 Å². The molecule has 3 atom stereocenters. The first-order chi connectivity index (χ1) is 13.9. The van der Waals surface area contributed by atoms with Crippen LogP contribution in [0.4, 0.5) is 0 Å². The second-order valence-electron chi connectivity index (χ2n) is 7.28. The van der Waals surface area contributed by atoms with Crippen molar-refractivity contribution in [3.8, 4) is 0 Å². The molecule has 0 aromatic heterocycles. The number of carbonyl (C=O) groups excluding carboxylic acids is 3. The highest BCUT2D eigenvalue weighted by atomic mass is 16.6. The topological polar surface area (TPSA) is 150 Å². The van der Waals surface area contributed by atoms with Gasteiger partial charge in [0.05, 0.1) is 5.92 Å². The molecule has 1 fully saturated rings. The molecule has 9 nitrogen and oxygen atoms in total. The Morgan fingerprint density at radius 2 is 1.73 bits per heavy atom. The summed E-state index contributed by atoms with van der Waals surface area (Å²) in [6.45, 7) is 5.70. The van der Waals surface area contributed by atoms with E-state index in [4.69, 9.17) is 9.84 Å². The first-order valence-electron chi connectivity index (χ1n) is 9.04. The smallest absolute Gasteiger partial charge is 0.333 e. The van der Waals surface area contributed by atoms with E-state index >= 15 is 0 Å². The lowest BCUT2D eigenvalue weighted by atomic mass is 9.65. The van der Waals surface area contributed by atoms with Crippen LogP contribution in [0, 0.1) is 5.92 Å². The van der Waals surface area contributed by atoms with Crippen LogP contribution in [0.1, 0.15) is 27.7 Å². The van der Waals surface area contributed by atoms with Crippen LogP contribution in [-0.4, -0.2) is 50.1 Å². The lowest BCUT2D eigenvalue weighted by molar-refractivity contribution is -0.157. The zero-order valence-corrected chi connectivity index (χ0v) is 16.9. The molecule has 1 aliphatic carbocycles. The summed E-state index contributed by atoms with van der Waals surface area (Å²) in [5.74, 6) is -6.17. The number of aliphatic hydroxyl groups excluding tert-OH is 2. The van der Waals surface area contributed by atoms with Crippen molar-refractivity contribution in [3.63, 3.8) is 0 Å². The van der Waals surface area contributed by atoms with E-state index < -0.39 is 52.2 Å². The number of esters is 1. The number of carboxylic acids is 1. The molecule has 9 heteroatoms. The molecular formula is C21H23NO8. The number of allylic oxidation sites excluding steroid dienone is 5. The fourth-order valence-corrected chi connectivity index (χ4v) is 3.77. The number of aliphatic carboxylic acids is 1. The third-order valence-electron chi connectivity index (χ3n) is 5.14. The van der Waals surface area contributed by atoms with Gasteiger partial charge >= 0.3 is 11.9 Å². The van der Waals surface area contributed by atoms with Gasteiger partial charge in [0.2, 0.25) is 11.7 Å². The van der Waals surface area contributed by atoms with Gasteiger partial charge in [-0.2, -0.15) is 0 Å². The summed E-state index contributed by atoms with van der Waals surface area (Å²) in [5.41, 5.74) is -3.93. The molecule has 0 radical (unpaired) electrons. The predicted octanol–water partition coefficient (Wildman–Crippen LogP) is 1.79. The highest BCUT2D eigenvalue weighted by molar-refractivity contribution is 6.09. The zero-order valence-electron chi connectivity index (χ0n) is 16.9. The molecule has 1 heterocycles. The van der Waals surface area contributed by atoms with E-state index in [0.29, 0.717) is 12.2 Å². The van der Waals surface area contributed by atoms with Crippen LogP contribution < -0.4 is 5.32 Å². The van der Waals surface area contributed by atoms with Crippen LogP contribution in [-0.2, 0) is 23.9 Å². The summed E-state index contributed by atoms with van der Waals surface area (Å²) in [7, 11) is 0. The molecular weight excluding hydrogens is 394 g/mol. The molecule has 2 aliphatic rings. The summed E-state index contributed by atoms with van der Waals surface area (Å²) < 4.78 is 5.36. The minimum absolute atomic E-state index is 0.108. The number of ether oxygens (including phenoxy) is 1. The van der Waals surface area contributed by atoms with Gasteiger partial charge in [-0.25, -0.2) is 9.59 Å². The van der Waals surface area contributed by atoms with Crippen LogP contribution in [0.2, 0.25) is 0 Å². The third-order valence-corrected chi connectivity index (χ3v) is 5.14. The van der Waals surface area contributed by atoms with E-state index in [1.165, 1.54) is 32.9 Å². The number of carboxylic acid groups (broad SMARTS) is 1. The quantitative estimate of drug-likeness (QED) is 0.229. The van der Waals surface area contributed by atoms with Crippen molar-refractivity contribution in [3.05, 3.63) is 59.1 Å². The van der Waals surface area contributed by atoms with Crippen molar-refractivity contribution in [1.82, 2.24) is 5.32 Å². The van der Waals surface area contributed by atoms with Crippen LogP contribution >= 0.6 is 0 Å². The number of fused-ring (bicyclic) bond motifs is 1. The first kappa shape index (κ1) is 22.7. The van der Waals surface area contributed by atoms with Crippen molar-refractivity contribution >= 4 is 23.6 Å². The van der Waals surface area contributed by atoms with Crippen molar-refractivity contribution in [2.45, 2.75) is 38.8 Å². The molecule has 0 aromatic carbocycles. The van der Waals surface area contributed by atoms with Gasteiger partial charge in [0.25, 0.3) is 0 Å². The summed E-state index contributed by atoms with van der Waals surface area (Å²) in [4.78, 5) is 48.5. The van der Waals surface area contributed by atoms with E-state index in [1.807, 2.05) is 0 Å². The monoisotopic (exact) mass is 417 g/mol. The number of amides is 1. The predicted molar refractivity (Wildman–Crippen MR) is 105 cm³/mol. The molecule has 30 heavy (non-hydrogen) atoms. The van der Waals surface area contributed by atoms with Crippen LogP contribution in [0.25, 0.3) is 0 Å². The van der Waals surface area contributed by atoms with Crippen LogP contribution in [0.15, 0.2) is 59.1 Å². The van der Waals surface area contributed by atoms with Crippen LogP contribution in [0.5, 0.6) is 0 Å². The Labute approximate surface area is 172 Å². The van der Waals surface area contributed by atoms with E-state index in [2.05, 4.69) is 5.32 Å². The number of rotatable bonds is 5. The Bertz CT molecular complexity index is 967. The largest absolute Gasteiger partial charge is 0.508 e. The molecule has 1 aliphatic heterocycles. The molecule has 0 unspecified atom stereocenters. The standard InChI is InChI=1S/C21H23NO8/c1-5-6-7-8-12(23)15-16(27)11(2)18(28)21(4)17(15)20(3,19(29)30-21)22-13(24)9-10-14(25)26/h5-10,17,23,27H,1-4H3,(H,22,24)(H,25,26)/b6-5+,8-7+,10-9+,15-12?/t17-,20+,21+/m1/s1. The van der Waals surface area contributed by atoms with Gasteiger partial charge in [-0.3, -0.25) is 9.59 Å². The fraction of sp³-hybridized carbons (Fsp3) is 0.333. The average Bonchev–Trinajstić information content (AvgIpc) is 2.86. The second-order valence-corrected chi connectivity index (χ2v) is 7.28. The zero-order chi connectivity index (χ0) is 22.9. The summed E-state index contributed by atoms with van der Waals surface area (Å²) >= 11 is 0. The molecule has 0 saturated carbocycles. The van der Waals surface area contributed by atoms with Gasteiger partial charge in [0.1, 0.15) is 17.1 Å². The lowest BCUT2D eigenvalue weighted by Crippen LogP contribution is -2.59. The highest BCUT2D eigenvalue weighted by Crippen LogP contribution is 2.51. The van der Waals surface area contributed by atoms with E-state index in [-0.39, 0.29) is 11.1 Å². The second kappa shape index (κ2) is 8.02. The summed E-state index contributed by atoms with van der Waals surface area (Å²) in [6.07, 6.45) is 7.36. The van der Waals surface area contributed by atoms with Crippen molar-refractivity contribution in [1.29, 1.82) is 0 Å². The molecule has 0 bridgehead atoms.